The summed E-state index contributed by atoms with van der Waals surface area (Å²) in [5.74, 6) is 0. The first-order chi connectivity index (χ1) is 8.75. The highest BCUT2D eigenvalue weighted by Crippen LogP contribution is 2.30. The van der Waals surface area contributed by atoms with Gasteiger partial charge in [-0.25, -0.2) is 0 Å². The zero-order chi connectivity index (χ0) is 12.4. The first-order valence-electron chi connectivity index (χ1n) is 7.06. The van der Waals surface area contributed by atoms with Gasteiger partial charge in [0.1, 0.15) is 0 Å². The van der Waals surface area contributed by atoms with Gasteiger partial charge in [0.05, 0.1) is 0 Å². The van der Waals surface area contributed by atoms with Gasteiger partial charge in [0.25, 0.3) is 0 Å². The lowest BCUT2D eigenvalue weighted by molar-refractivity contribution is 0.139. The van der Waals surface area contributed by atoms with Gasteiger partial charge in [-0.2, -0.15) is 0 Å². The predicted octanol–water partition coefficient (Wildman–Crippen LogP) is 1.69. The van der Waals surface area contributed by atoms with Gasteiger partial charge in [-0.3, -0.25) is 4.90 Å². The molecule has 0 radical (unpaired) electrons. The van der Waals surface area contributed by atoms with Gasteiger partial charge >= 0.3 is 0 Å². The molecule has 0 aromatic heterocycles. The third kappa shape index (κ3) is 2.52. The smallest absolute Gasteiger partial charge is 0.0367 e. The van der Waals surface area contributed by atoms with E-state index < -0.39 is 0 Å². The van der Waals surface area contributed by atoms with Crippen molar-refractivity contribution in [3.63, 3.8) is 0 Å². The molecule has 0 atom stereocenters. The fourth-order valence-corrected chi connectivity index (χ4v) is 3.04. The predicted molar refractivity (Wildman–Crippen MR) is 75.9 cm³/mol. The van der Waals surface area contributed by atoms with Crippen LogP contribution in [0.1, 0.15) is 19.3 Å². The van der Waals surface area contributed by atoms with E-state index in [1.807, 2.05) is 0 Å². The summed E-state index contributed by atoms with van der Waals surface area (Å²) >= 11 is 0. The Labute approximate surface area is 110 Å². The standard InChI is InChI=1S/C15H23N3/c16-15(7-4-8-15)13-17-9-11-18(12-10-17)14-5-2-1-3-6-14/h1-3,5-6H,4,7-13,16H2. The highest BCUT2D eigenvalue weighted by Gasteiger charge is 2.34. The van der Waals surface area contributed by atoms with Crippen LogP contribution in [0.3, 0.4) is 0 Å². The van der Waals surface area contributed by atoms with E-state index >= 15 is 0 Å². The highest BCUT2D eigenvalue weighted by atomic mass is 15.3. The van der Waals surface area contributed by atoms with Crippen LogP contribution in [0.2, 0.25) is 0 Å². The minimum absolute atomic E-state index is 0.134. The van der Waals surface area contributed by atoms with E-state index in [1.54, 1.807) is 0 Å². The topological polar surface area (TPSA) is 32.5 Å². The maximum absolute atomic E-state index is 6.32. The van der Waals surface area contributed by atoms with Crippen LogP contribution in [0.25, 0.3) is 0 Å². The van der Waals surface area contributed by atoms with Crippen molar-refractivity contribution in [2.45, 2.75) is 24.8 Å². The molecule has 1 saturated heterocycles. The summed E-state index contributed by atoms with van der Waals surface area (Å²) in [6.07, 6.45) is 3.75. The average Bonchev–Trinajstić information content (AvgIpc) is 2.39. The fourth-order valence-electron chi connectivity index (χ4n) is 3.04. The fraction of sp³-hybridized carbons (Fsp3) is 0.600. The number of piperazine rings is 1. The Balaban J connectivity index is 1.52. The molecule has 1 aliphatic carbocycles. The first kappa shape index (κ1) is 12.0. The number of hydrogen-bond donors (Lipinski definition) is 1. The molecule has 1 heterocycles. The van der Waals surface area contributed by atoms with E-state index in [9.17, 15) is 0 Å². The second-order valence-corrected chi connectivity index (χ2v) is 5.81. The van der Waals surface area contributed by atoms with E-state index in [1.165, 1.54) is 24.9 Å². The van der Waals surface area contributed by atoms with Crippen molar-refractivity contribution in [3.05, 3.63) is 30.3 Å². The van der Waals surface area contributed by atoms with Gasteiger partial charge in [0.15, 0.2) is 0 Å². The van der Waals surface area contributed by atoms with Gasteiger partial charge < -0.3 is 10.6 Å². The lowest BCUT2D eigenvalue weighted by Gasteiger charge is -2.45. The van der Waals surface area contributed by atoms with Gasteiger partial charge in [0, 0.05) is 44.0 Å². The summed E-state index contributed by atoms with van der Waals surface area (Å²) in [5, 5.41) is 0. The lowest BCUT2D eigenvalue weighted by atomic mass is 9.77. The van der Waals surface area contributed by atoms with Crippen LogP contribution in [-0.4, -0.2) is 43.2 Å². The normalized spacial score (nSPS) is 23.7. The SMILES string of the molecule is NC1(CN2CCN(c3ccccc3)CC2)CCC1. The van der Waals surface area contributed by atoms with Crippen molar-refractivity contribution < 1.29 is 0 Å². The Morgan fingerprint density at radius 1 is 1.00 bits per heavy atom. The molecule has 0 bridgehead atoms. The minimum atomic E-state index is 0.134. The Kier molecular flexibility index (Phi) is 3.27. The molecule has 3 heteroatoms. The lowest BCUT2D eigenvalue weighted by Crippen LogP contribution is -2.58. The molecular weight excluding hydrogens is 222 g/mol. The van der Waals surface area contributed by atoms with Crippen molar-refractivity contribution >= 4 is 5.69 Å². The number of rotatable bonds is 3. The molecular formula is C15H23N3. The molecule has 2 N–H and O–H groups in total. The number of para-hydroxylation sites is 1. The van der Waals surface area contributed by atoms with E-state index in [0.717, 1.165) is 32.7 Å². The summed E-state index contributed by atoms with van der Waals surface area (Å²) < 4.78 is 0. The van der Waals surface area contributed by atoms with Crippen LogP contribution in [-0.2, 0) is 0 Å². The molecule has 98 valence electrons. The second kappa shape index (κ2) is 4.90. The third-order valence-electron chi connectivity index (χ3n) is 4.38. The number of benzene rings is 1. The van der Waals surface area contributed by atoms with Crippen molar-refractivity contribution in [2.75, 3.05) is 37.6 Å². The van der Waals surface area contributed by atoms with Gasteiger partial charge in [-0.05, 0) is 31.4 Å². The second-order valence-electron chi connectivity index (χ2n) is 5.81. The summed E-state index contributed by atoms with van der Waals surface area (Å²) in [4.78, 5) is 5.01. The Morgan fingerprint density at radius 2 is 1.67 bits per heavy atom. The summed E-state index contributed by atoms with van der Waals surface area (Å²) in [6.45, 7) is 5.64. The number of anilines is 1. The van der Waals surface area contributed by atoms with E-state index in [4.69, 9.17) is 5.73 Å². The quantitative estimate of drug-likeness (QED) is 0.879. The van der Waals surface area contributed by atoms with E-state index in [0.29, 0.717) is 0 Å². The van der Waals surface area contributed by atoms with Crippen molar-refractivity contribution in [2.24, 2.45) is 5.73 Å². The van der Waals surface area contributed by atoms with Crippen LogP contribution < -0.4 is 10.6 Å². The Bertz CT molecular complexity index is 378. The zero-order valence-electron chi connectivity index (χ0n) is 11.0. The summed E-state index contributed by atoms with van der Waals surface area (Å²) in [6, 6.07) is 10.7. The van der Waals surface area contributed by atoms with Crippen molar-refractivity contribution in [1.29, 1.82) is 0 Å². The summed E-state index contributed by atoms with van der Waals surface area (Å²) in [7, 11) is 0. The molecule has 2 aliphatic rings. The first-order valence-corrected chi connectivity index (χ1v) is 7.06. The molecule has 1 aliphatic heterocycles. The minimum Gasteiger partial charge on any atom is -0.369 e. The van der Waals surface area contributed by atoms with Crippen LogP contribution in [0, 0.1) is 0 Å². The van der Waals surface area contributed by atoms with Gasteiger partial charge in [0.2, 0.25) is 0 Å². The molecule has 18 heavy (non-hydrogen) atoms. The van der Waals surface area contributed by atoms with Crippen LogP contribution in [0.4, 0.5) is 5.69 Å². The maximum Gasteiger partial charge on any atom is 0.0367 e. The molecule has 0 amide bonds. The molecule has 0 spiro atoms. The average molecular weight is 245 g/mol. The van der Waals surface area contributed by atoms with Crippen molar-refractivity contribution in [1.82, 2.24) is 4.90 Å². The Morgan fingerprint density at radius 3 is 2.22 bits per heavy atom. The number of hydrogen-bond acceptors (Lipinski definition) is 3. The molecule has 1 aromatic rings. The highest BCUT2D eigenvalue weighted by molar-refractivity contribution is 5.46. The van der Waals surface area contributed by atoms with E-state index in [-0.39, 0.29) is 5.54 Å². The monoisotopic (exact) mass is 245 g/mol. The molecule has 2 fully saturated rings. The largest absolute Gasteiger partial charge is 0.369 e. The number of nitrogens with two attached hydrogens (primary N) is 1. The molecule has 3 rings (SSSR count). The third-order valence-corrected chi connectivity index (χ3v) is 4.38. The maximum atomic E-state index is 6.32. The molecule has 1 aromatic carbocycles. The van der Waals surface area contributed by atoms with Crippen LogP contribution >= 0.6 is 0 Å². The zero-order valence-corrected chi connectivity index (χ0v) is 11.0. The summed E-state index contributed by atoms with van der Waals surface area (Å²) in [5.41, 5.74) is 7.81. The molecule has 0 unspecified atom stereocenters. The van der Waals surface area contributed by atoms with Crippen LogP contribution in [0.5, 0.6) is 0 Å². The van der Waals surface area contributed by atoms with E-state index in [2.05, 4.69) is 40.1 Å². The molecule has 3 nitrogen and oxygen atoms in total. The van der Waals surface area contributed by atoms with Crippen LogP contribution in [0.15, 0.2) is 30.3 Å². The van der Waals surface area contributed by atoms with Gasteiger partial charge in [-0.1, -0.05) is 18.2 Å². The number of nitrogens with zero attached hydrogens (tertiary/aromatic N) is 2. The van der Waals surface area contributed by atoms with Gasteiger partial charge in [-0.15, -0.1) is 0 Å². The van der Waals surface area contributed by atoms with Crippen molar-refractivity contribution in [3.8, 4) is 0 Å². The molecule has 1 saturated carbocycles. The Hall–Kier alpha value is -1.06.